The zero-order chi connectivity index (χ0) is 43.4. The lowest BCUT2D eigenvalue weighted by Gasteiger charge is -2.28. The number of allylic oxidation sites excluding steroid dienone is 2. The van der Waals surface area contributed by atoms with E-state index in [0.29, 0.717) is 0 Å². The SMILES string of the molecule is C=C/C=C\c1c(C)c(-c2ccc(N(c3cccc(-c4ccc(-c5cccc6ccccc56)cc4)c3)c3ccc4oc5cc6ccccc6cc5c4c3)c3ccccc23)cc2ccccc12. The molecule has 0 saturated heterocycles. The normalized spacial score (nSPS) is 11.8. The Morgan fingerprint density at radius 2 is 1.05 bits per heavy atom. The summed E-state index contributed by atoms with van der Waals surface area (Å²) < 4.78 is 6.53. The molecule has 1 aromatic heterocycles. The lowest BCUT2D eigenvalue weighted by molar-refractivity contribution is 0.669. The van der Waals surface area contributed by atoms with E-state index >= 15 is 0 Å². The molecule has 12 rings (SSSR count). The number of hydrogen-bond donors (Lipinski definition) is 0. The van der Waals surface area contributed by atoms with Crippen LogP contribution in [0.25, 0.3) is 104 Å². The van der Waals surface area contributed by atoms with Gasteiger partial charge in [0.2, 0.25) is 0 Å². The zero-order valence-electron chi connectivity index (χ0n) is 36.0. The number of furan rings is 1. The highest BCUT2D eigenvalue weighted by molar-refractivity contribution is 6.13. The molecule has 0 fully saturated rings. The average Bonchev–Trinajstić information content (AvgIpc) is 3.72. The zero-order valence-corrected chi connectivity index (χ0v) is 36.0. The first-order chi connectivity index (χ1) is 32.1. The van der Waals surface area contributed by atoms with Crippen molar-refractivity contribution in [3.63, 3.8) is 0 Å². The van der Waals surface area contributed by atoms with Crippen LogP contribution in [0, 0.1) is 6.92 Å². The van der Waals surface area contributed by atoms with Crippen molar-refractivity contribution in [3.8, 4) is 33.4 Å². The van der Waals surface area contributed by atoms with Crippen LogP contribution in [0.15, 0.2) is 235 Å². The molecule has 306 valence electrons. The molecule has 0 aliphatic rings. The second kappa shape index (κ2) is 15.7. The quantitative estimate of drug-likeness (QED) is 0.142. The smallest absolute Gasteiger partial charge is 0.136 e. The lowest BCUT2D eigenvalue weighted by Crippen LogP contribution is -2.11. The summed E-state index contributed by atoms with van der Waals surface area (Å²) in [5.74, 6) is 0. The number of fused-ring (bicyclic) bond motifs is 7. The minimum Gasteiger partial charge on any atom is -0.456 e. The summed E-state index contributed by atoms with van der Waals surface area (Å²) in [4.78, 5) is 2.42. The molecular formula is C63H43NO. The van der Waals surface area contributed by atoms with Crippen LogP contribution in [0.5, 0.6) is 0 Å². The average molecular weight is 830 g/mol. The highest BCUT2D eigenvalue weighted by Gasteiger charge is 2.21. The van der Waals surface area contributed by atoms with Crippen LogP contribution in [-0.2, 0) is 0 Å². The molecule has 0 bridgehead atoms. The Labute approximate surface area is 378 Å². The van der Waals surface area contributed by atoms with Crippen LogP contribution < -0.4 is 4.90 Å². The van der Waals surface area contributed by atoms with Crippen molar-refractivity contribution < 1.29 is 4.42 Å². The van der Waals surface area contributed by atoms with Gasteiger partial charge < -0.3 is 9.32 Å². The molecule has 0 amide bonds. The summed E-state index contributed by atoms with van der Waals surface area (Å²) >= 11 is 0. The van der Waals surface area contributed by atoms with Gasteiger partial charge >= 0.3 is 0 Å². The summed E-state index contributed by atoms with van der Waals surface area (Å²) in [5.41, 5.74) is 14.6. The Kier molecular flexibility index (Phi) is 9.24. The molecule has 0 atom stereocenters. The van der Waals surface area contributed by atoms with Gasteiger partial charge in [0.05, 0.1) is 5.69 Å². The van der Waals surface area contributed by atoms with E-state index in [-0.39, 0.29) is 0 Å². The molecule has 12 aromatic rings. The van der Waals surface area contributed by atoms with Gasteiger partial charge in [-0.15, -0.1) is 0 Å². The topological polar surface area (TPSA) is 16.4 Å². The second-order valence-corrected chi connectivity index (χ2v) is 16.9. The van der Waals surface area contributed by atoms with Crippen molar-refractivity contribution in [1.82, 2.24) is 0 Å². The maximum absolute atomic E-state index is 6.53. The first kappa shape index (κ1) is 38.2. The highest BCUT2D eigenvalue weighted by atomic mass is 16.3. The first-order valence-electron chi connectivity index (χ1n) is 22.3. The van der Waals surface area contributed by atoms with Gasteiger partial charge in [0, 0.05) is 27.5 Å². The van der Waals surface area contributed by atoms with E-state index in [1.807, 2.05) is 12.2 Å². The number of anilines is 3. The Hall–Kier alpha value is -8.46. The van der Waals surface area contributed by atoms with Gasteiger partial charge in [-0.1, -0.05) is 183 Å². The standard InChI is InChI=1S/C63H43NO/c1-3-4-22-51-41(2)58(38-48-18-8-10-24-54(48)51)56-33-34-61(57-26-12-11-25-55(56)57)64(50-32-35-62-60(40-50)59-37-46-16-5-6-17-47(46)39-63(59)65-62)49-21-13-20-45(36-49)42-28-30-44(31-29-42)53-27-14-19-43-15-7-9-23-52(43)53/h3-40H,1H2,2H3/b22-4-. The number of hydrogen-bond acceptors (Lipinski definition) is 2. The second-order valence-electron chi connectivity index (χ2n) is 16.9. The Balaban J connectivity index is 1.04. The van der Waals surface area contributed by atoms with Gasteiger partial charge in [-0.2, -0.15) is 0 Å². The summed E-state index contributed by atoms with van der Waals surface area (Å²) in [7, 11) is 0. The van der Waals surface area contributed by atoms with Crippen molar-refractivity contribution in [1.29, 1.82) is 0 Å². The lowest BCUT2D eigenvalue weighted by atomic mass is 9.88. The first-order valence-corrected chi connectivity index (χ1v) is 22.3. The van der Waals surface area contributed by atoms with Crippen LogP contribution >= 0.6 is 0 Å². The molecule has 0 unspecified atom stereocenters. The van der Waals surface area contributed by atoms with Crippen molar-refractivity contribution in [3.05, 3.63) is 242 Å². The highest BCUT2D eigenvalue weighted by Crippen LogP contribution is 2.46. The van der Waals surface area contributed by atoms with Gasteiger partial charge in [-0.3, -0.25) is 0 Å². The van der Waals surface area contributed by atoms with Crippen molar-refractivity contribution in [2.24, 2.45) is 0 Å². The molecule has 0 aliphatic heterocycles. The fourth-order valence-electron chi connectivity index (χ4n) is 10.0. The van der Waals surface area contributed by atoms with Crippen molar-refractivity contribution in [2.45, 2.75) is 6.92 Å². The maximum atomic E-state index is 6.53. The van der Waals surface area contributed by atoms with Gasteiger partial charge in [0.25, 0.3) is 0 Å². The summed E-state index contributed by atoms with van der Waals surface area (Å²) in [6, 6.07) is 77.2. The Bertz CT molecular complexity index is 3860. The van der Waals surface area contributed by atoms with Crippen molar-refractivity contribution in [2.75, 3.05) is 4.90 Å². The van der Waals surface area contributed by atoms with E-state index in [0.717, 1.165) is 55.5 Å². The third kappa shape index (κ3) is 6.58. The largest absolute Gasteiger partial charge is 0.456 e. The van der Waals surface area contributed by atoms with Gasteiger partial charge in [-0.25, -0.2) is 0 Å². The number of benzene rings is 11. The summed E-state index contributed by atoms with van der Waals surface area (Å²) in [6.07, 6.45) is 6.07. The molecule has 65 heavy (non-hydrogen) atoms. The molecule has 1 heterocycles. The molecule has 2 nitrogen and oxygen atoms in total. The molecule has 2 heteroatoms. The van der Waals surface area contributed by atoms with E-state index in [1.165, 1.54) is 71.1 Å². The molecule has 0 N–H and O–H groups in total. The number of rotatable bonds is 8. The molecule has 0 aliphatic carbocycles. The van der Waals surface area contributed by atoms with Gasteiger partial charge in [0.1, 0.15) is 11.2 Å². The Morgan fingerprint density at radius 1 is 0.400 bits per heavy atom. The van der Waals surface area contributed by atoms with Crippen molar-refractivity contribution >= 4 is 88.2 Å². The minimum absolute atomic E-state index is 0.868. The van der Waals surface area contributed by atoms with E-state index in [9.17, 15) is 0 Å². The summed E-state index contributed by atoms with van der Waals surface area (Å²) in [6.45, 7) is 6.22. The predicted molar refractivity (Wildman–Crippen MR) is 279 cm³/mol. The third-order valence-corrected chi connectivity index (χ3v) is 13.2. The van der Waals surface area contributed by atoms with Crippen LogP contribution in [-0.4, -0.2) is 0 Å². The van der Waals surface area contributed by atoms with E-state index < -0.39 is 0 Å². The van der Waals surface area contributed by atoms with E-state index in [4.69, 9.17) is 4.42 Å². The van der Waals surface area contributed by atoms with Crippen LogP contribution in [0.1, 0.15) is 11.1 Å². The molecule has 0 spiro atoms. The Morgan fingerprint density at radius 3 is 1.86 bits per heavy atom. The summed E-state index contributed by atoms with van der Waals surface area (Å²) in [5, 5.41) is 11.8. The molecular weight excluding hydrogens is 787 g/mol. The fraction of sp³-hybridized carbons (Fsp3) is 0.0159. The minimum atomic E-state index is 0.868. The third-order valence-electron chi connectivity index (χ3n) is 13.2. The van der Waals surface area contributed by atoms with E-state index in [1.54, 1.807) is 0 Å². The van der Waals surface area contributed by atoms with Crippen LogP contribution in [0.4, 0.5) is 17.1 Å². The predicted octanol–water partition coefficient (Wildman–Crippen LogP) is 18.2. The maximum Gasteiger partial charge on any atom is 0.136 e. The molecule has 0 saturated carbocycles. The van der Waals surface area contributed by atoms with Crippen LogP contribution in [0.2, 0.25) is 0 Å². The van der Waals surface area contributed by atoms with Gasteiger partial charge in [0.15, 0.2) is 0 Å². The number of nitrogens with zero attached hydrogens (tertiary/aromatic N) is 1. The molecule has 11 aromatic carbocycles. The molecule has 0 radical (unpaired) electrons. The fourth-order valence-corrected chi connectivity index (χ4v) is 10.0. The van der Waals surface area contributed by atoms with E-state index in [2.05, 4.69) is 237 Å². The van der Waals surface area contributed by atoms with Crippen LogP contribution in [0.3, 0.4) is 0 Å². The monoisotopic (exact) mass is 829 g/mol. The van der Waals surface area contributed by atoms with Gasteiger partial charge in [-0.05, 0) is 144 Å².